The first kappa shape index (κ1) is 28.4. The van der Waals surface area contributed by atoms with Gasteiger partial charge < -0.3 is 30.3 Å². The normalized spacial score (nSPS) is 17.0. The Bertz CT molecular complexity index is 1460. The molecule has 0 radical (unpaired) electrons. The number of nitrogen functional groups attached to an aromatic ring is 1. The number of amides is 1. The van der Waals surface area contributed by atoms with Gasteiger partial charge in [-0.2, -0.15) is 10.2 Å². The van der Waals surface area contributed by atoms with E-state index < -0.39 is 5.82 Å². The van der Waals surface area contributed by atoms with Crippen LogP contribution in [0.3, 0.4) is 0 Å². The number of aromatic nitrogens is 2. The van der Waals surface area contributed by atoms with Crippen molar-refractivity contribution in [3.63, 3.8) is 0 Å². The standard InChI is InChI=1S/C30H36FN7O3/c1-30(9-4-10-30)18-34-22(20-7-5-19(17-32)6-8-20)16-24(39)37-11-13-38(14-12-37)29-35-26-21(28(33)36-29)15-23(40-2)27(41-3)25(26)31/h5-8,15,22,34H,4,9-14,16,18H2,1-3H3,(H2,33,35,36)/t22-/m1/s1. The number of hydrogen-bond acceptors (Lipinski definition) is 9. The molecular weight excluding hydrogens is 525 g/mol. The van der Waals surface area contributed by atoms with Gasteiger partial charge in [0.25, 0.3) is 0 Å². The lowest BCUT2D eigenvalue weighted by Gasteiger charge is -2.40. The van der Waals surface area contributed by atoms with Crippen LogP contribution in [-0.4, -0.2) is 67.7 Å². The van der Waals surface area contributed by atoms with Gasteiger partial charge in [-0.15, -0.1) is 0 Å². The van der Waals surface area contributed by atoms with Gasteiger partial charge >= 0.3 is 0 Å². The molecule has 2 aromatic carbocycles. The van der Waals surface area contributed by atoms with Gasteiger partial charge in [-0.25, -0.2) is 9.37 Å². The van der Waals surface area contributed by atoms with Gasteiger partial charge in [0, 0.05) is 50.6 Å². The van der Waals surface area contributed by atoms with Crippen molar-refractivity contribution < 1.29 is 18.7 Å². The molecule has 1 aliphatic heterocycles. The van der Waals surface area contributed by atoms with Gasteiger partial charge in [0.2, 0.25) is 11.9 Å². The number of rotatable bonds is 9. The molecule has 3 N–H and O–H groups in total. The molecule has 2 fully saturated rings. The highest BCUT2D eigenvalue weighted by atomic mass is 19.1. The molecule has 1 saturated carbocycles. The highest BCUT2D eigenvalue weighted by molar-refractivity contribution is 5.92. The quantitative estimate of drug-likeness (QED) is 0.401. The Hall–Kier alpha value is -4.17. The molecule has 10 nitrogen and oxygen atoms in total. The summed E-state index contributed by atoms with van der Waals surface area (Å²) in [4.78, 5) is 26.1. The third kappa shape index (κ3) is 5.84. The number of carbonyl (C=O) groups excluding carboxylic acids is 1. The summed E-state index contributed by atoms with van der Waals surface area (Å²) in [6, 6.07) is 11.0. The molecule has 5 rings (SSSR count). The number of halogens is 1. The van der Waals surface area contributed by atoms with E-state index in [1.54, 1.807) is 18.2 Å². The minimum atomic E-state index is -0.664. The fourth-order valence-electron chi connectivity index (χ4n) is 5.56. The molecule has 1 saturated heterocycles. The molecule has 1 amide bonds. The summed E-state index contributed by atoms with van der Waals surface area (Å²) in [5.74, 6) is -0.00591. The van der Waals surface area contributed by atoms with E-state index in [2.05, 4.69) is 28.3 Å². The minimum absolute atomic E-state index is 0.0452. The molecule has 0 spiro atoms. The third-order valence-electron chi connectivity index (χ3n) is 8.37. The molecule has 2 heterocycles. The van der Waals surface area contributed by atoms with Gasteiger partial charge in [0.1, 0.15) is 11.3 Å². The number of fused-ring (bicyclic) bond motifs is 1. The van der Waals surface area contributed by atoms with Crippen LogP contribution < -0.4 is 25.4 Å². The Balaban J connectivity index is 1.27. The van der Waals surface area contributed by atoms with E-state index in [-0.39, 0.29) is 40.2 Å². The summed E-state index contributed by atoms with van der Waals surface area (Å²) in [5.41, 5.74) is 8.10. The van der Waals surface area contributed by atoms with Gasteiger partial charge in [0.15, 0.2) is 17.3 Å². The zero-order valence-corrected chi connectivity index (χ0v) is 23.7. The zero-order valence-electron chi connectivity index (χ0n) is 23.7. The molecule has 3 aromatic rings. The van der Waals surface area contributed by atoms with Crippen LogP contribution in [0.15, 0.2) is 30.3 Å². The van der Waals surface area contributed by atoms with E-state index in [1.165, 1.54) is 33.5 Å². The molecule has 1 aromatic heterocycles. The van der Waals surface area contributed by atoms with Crippen molar-refractivity contribution in [2.24, 2.45) is 5.41 Å². The summed E-state index contributed by atoms with van der Waals surface area (Å²) < 4.78 is 25.6. The topological polar surface area (TPSA) is 130 Å². The van der Waals surface area contributed by atoms with Crippen molar-refractivity contribution in [1.29, 1.82) is 5.26 Å². The van der Waals surface area contributed by atoms with Crippen molar-refractivity contribution in [1.82, 2.24) is 20.2 Å². The molecule has 1 atom stereocenters. The average Bonchev–Trinajstić information content (AvgIpc) is 2.98. The maximum Gasteiger partial charge on any atom is 0.228 e. The number of hydrogen-bond donors (Lipinski definition) is 2. The molecule has 2 aliphatic rings. The third-order valence-corrected chi connectivity index (χ3v) is 8.37. The predicted octanol–water partition coefficient (Wildman–Crippen LogP) is 3.80. The first-order chi connectivity index (χ1) is 19.7. The van der Waals surface area contributed by atoms with Crippen LogP contribution in [0.4, 0.5) is 16.2 Å². The van der Waals surface area contributed by atoms with E-state index in [0.29, 0.717) is 49.5 Å². The second kappa shape index (κ2) is 11.7. The van der Waals surface area contributed by atoms with Gasteiger partial charge in [0.05, 0.1) is 25.9 Å². The minimum Gasteiger partial charge on any atom is -0.493 e. The van der Waals surface area contributed by atoms with Gasteiger partial charge in [-0.3, -0.25) is 4.79 Å². The van der Waals surface area contributed by atoms with E-state index in [4.69, 9.17) is 15.2 Å². The lowest BCUT2D eigenvalue weighted by molar-refractivity contribution is -0.132. The molecule has 0 bridgehead atoms. The van der Waals surface area contributed by atoms with Gasteiger partial charge in [-0.1, -0.05) is 25.5 Å². The highest BCUT2D eigenvalue weighted by Crippen LogP contribution is 2.40. The van der Waals surface area contributed by atoms with Crippen LogP contribution in [0.1, 0.15) is 49.8 Å². The number of piperazine rings is 1. The van der Waals surface area contributed by atoms with Crippen molar-refractivity contribution >= 4 is 28.6 Å². The van der Waals surface area contributed by atoms with Crippen molar-refractivity contribution in [3.8, 4) is 17.6 Å². The van der Waals surface area contributed by atoms with Crippen LogP contribution in [0.25, 0.3) is 10.9 Å². The Morgan fingerprint density at radius 2 is 1.88 bits per heavy atom. The second-order valence-electron chi connectivity index (χ2n) is 11.1. The number of benzene rings is 2. The van der Waals surface area contributed by atoms with E-state index >= 15 is 4.39 Å². The second-order valence-corrected chi connectivity index (χ2v) is 11.1. The predicted molar refractivity (Wildman–Crippen MR) is 154 cm³/mol. The Morgan fingerprint density at radius 1 is 1.17 bits per heavy atom. The summed E-state index contributed by atoms with van der Waals surface area (Å²) in [5, 5.41) is 13.2. The fraction of sp³-hybridized carbons (Fsp3) is 0.467. The number of nitriles is 1. The van der Waals surface area contributed by atoms with Crippen molar-refractivity contribution in [2.75, 3.05) is 57.6 Å². The summed E-state index contributed by atoms with van der Waals surface area (Å²) >= 11 is 0. The van der Waals surface area contributed by atoms with E-state index in [0.717, 1.165) is 12.1 Å². The summed E-state index contributed by atoms with van der Waals surface area (Å²) in [7, 11) is 2.79. The summed E-state index contributed by atoms with van der Waals surface area (Å²) in [6.07, 6.45) is 3.92. The van der Waals surface area contributed by atoms with E-state index in [1.807, 2.05) is 21.9 Å². The zero-order chi connectivity index (χ0) is 29.1. The fourth-order valence-corrected chi connectivity index (χ4v) is 5.56. The smallest absolute Gasteiger partial charge is 0.228 e. The van der Waals surface area contributed by atoms with Crippen molar-refractivity contribution in [3.05, 3.63) is 47.3 Å². The van der Waals surface area contributed by atoms with Crippen LogP contribution in [0.2, 0.25) is 0 Å². The Kier molecular flexibility index (Phi) is 8.13. The Morgan fingerprint density at radius 3 is 2.46 bits per heavy atom. The average molecular weight is 562 g/mol. The maximum absolute atomic E-state index is 15.2. The largest absolute Gasteiger partial charge is 0.493 e. The van der Waals surface area contributed by atoms with Crippen LogP contribution >= 0.6 is 0 Å². The molecule has 0 unspecified atom stereocenters. The Labute approximate surface area is 239 Å². The first-order valence-corrected chi connectivity index (χ1v) is 13.9. The van der Waals surface area contributed by atoms with Crippen LogP contribution in [-0.2, 0) is 4.79 Å². The van der Waals surface area contributed by atoms with Gasteiger partial charge in [-0.05, 0) is 42.0 Å². The van der Waals surface area contributed by atoms with E-state index in [9.17, 15) is 10.1 Å². The monoisotopic (exact) mass is 561 g/mol. The number of nitrogens with two attached hydrogens (primary N) is 1. The lowest BCUT2D eigenvalue weighted by atomic mass is 9.70. The van der Waals surface area contributed by atoms with Crippen LogP contribution in [0, 0.1) is 22.6 Å². The molecule has 216 valence electrons. The summed E-state index contributed by atoms with van der Waals surface area (Å²) in [6.45, 7) is 5.04. The number of carbonyl (C=O) groups is 1. The molecule has 41 heavy (non-hydrogen) atoms. The number of anilines is 2. The number of methoxy groups -OCH3 is 2. The number of nitrogens with one attached hydrogen (secondary N) is 1. The molecule has 1 aliphatic carbocycles. The highest BCUT2D eigenvalue weighted by Gasteiger charge is 2.33. The number of nitrogens with zero attached hydrogens (tertiary/aromatic N) is 5. The first-order valence-electron chi connectivity index (χ1n) is 13.9. The lowest BCUT2D eigenvalue weighted by Crippen LogP contribution is -2.50. The maximum atomic E-state index is 15.2. The number of ether oxygens (including phenoxy) is 2. The van der Waals surface area contributed by atoms with Crippen LogP contribution in [0.5, 0.6) is 11.5 Å². The molecular formula is C30H36FN7O3. The SMILES string of the molecule is COc1cc2c(N)nc(N3CCN(C(=O)C[C@@H](NCC4(C)CCC4)c4ccc(C#N)cc4)CC3)nc2c(F)c1OC. The van der Waals surface area contributed by atoms with Crippen molar-refractivity contribution in [2.45, 2.75) is 38.6 Å². The molecule has 11 heteroatoms.